The Morgan fingerprint density at radius 1 is 0.800 bits per heavy atom. The van der Waals surface area contributed by atoms with Gasteiger partial charge in [0.05, 0.1) is 7.11 Å². The third-order valence-electron chi connectivity index (χ3n) is 4.97. The number of rotatable bonds is 4. The van der Waals surface area contributed by atoms with Crippen molar-refractivity contribution >= 4 is 53.2 Å². The van der Waals surface area contributed by atoms with Crippen LogP contribution in [0.3, 0.4) is 0 Å². The van der Waals surface area contributed by atoms with Crippen LogP contribution in [0, 0.1) is 9.39 Å². The molecule has 0 unspecified atom stereocenters. The molecular weight excluding hydrogens is 510 g/mol. The zero-order valence-corrected chi connectivity index (χ0v) is 19.0. The molecule has 0 saturated carbocycles. The minimum atomic E-state index is -0.426. The Balaban J connectivity index is 1.74. The van der Waals surface area contributed by atoms with Gasteiger partial charge in [-0.15, -0.1) is 0 Å². The Hall–Kier alpha value is -2.64. The molecule has 0 aliphatic rings. The highest BCUT2D eigenvalue weighted by atomic mass is 127. The Bertz CT molecular complexity index is 1320. The predicted octanol–water partition coefficient (Wildman–Crippen LogP) is 8.28. The summed E-state index contributed by atoms with van der Waals surface area (Å²) >= 11 is 2.24. The topological polar surface area (TPSA) is 18.5 Å². The molecule has 0 N–H and O–H groups in total. The summed E-state index contributed by atoms with van der Waals surface area (Å²) in [5, 5.41) is 2.40. The van der Waals surface area contributed by atoms with Gasteiger partial charge in [-0.05, 0) is 71.1 Å². The summed E-state index contributed by atoms with van der Waals surface area (Å²) in [6.07, 6.45) is 0. The molecule has 0 bridgehead atoms. The fraction of sp³-hybridized carbons (Fsp3) is 0.0400. The summed E-state index contributed by atoms with van der Waals surface area (Å²) < 4.78 is 30.0. The zero-order chi connectivity index (χ0) is 20.7. The average molecular weight is 527 g/mol. The quantitative estimate of drug-likeness (QED) is 0.173. The smallest absolute Gasteiger partial charge is 0.197 e. The van der Waals surface area contributed by atoms with Crippen LogP contribution in [0.25, 0.3) is 25.1 Å². The molecule has 0 aliphatic heterocycles. The number of hydrogen-bond acceptors (Lipinski definition) is 2. The van der Waals surface area contributed by atoms with Crippen LogP contribution in [0.1, 0.15) is 0 Å². The monoisotopic (exact) mass is 527 g/mol. The van der Waals surface area contributed by atoms with Crippen LogP contribution in [0.2, 0.25) is 0 Å². The van der Waals surface area contributed by atoms with Gasteiger partial charge in [0.15, 0.2) is 31.6 Å². The fourth-order valence-electron chi connectivity index (χ4n) is 3.67. The largest absolute Gasteiger partial charge is 0.490 e. The van der Waals surface area contributed by atoms with Crippen molar-refractivity contribution in [2.45, 2.75) is 0 Å². The molecule has 1 heterocycles. The highest BCUT2D eigenvalue weighted by molar-refractivity contribution is 14.1. The first-order valence-corrected chi connectivity index (χ1v) is 11.7. The molecule has 0 fully saturated rings. The fourth-order valence-corrected chi connectivity index (χ4v) is 6.45. The lowest BCUT2D eigenvalue weighted by Crippen LogP contribution is -1.94. The lowest BCUT2D eigenvalue weighted by molar-refractivity contribution is 0.356. The molecule has 30 heavy (non-hydrogen) atoms. The molecule has 0 aliphatic carbocycles. The first-order valence-electron chi connectivity index (χ1n) is 9.39. The Morgan fingerprint density at radius 3 is 2.00 bits per heavy atom. The lowest BCUT2D eigenvalue weighted by Gasteiger charge is -2.11. The number of methoxy groups -OCH3 is 1. The molecule has 2 nitrogen and oxygen atoms in total. The van der Waals surface area contributed by atoms with Crippen molar-refractivity contribution in [2.24, 2.45) is 0 Å². The predicted molar refractivity (Wildman–Crippen MR) is 131 cm³/mol. The van der Waals surface area contributed by atoms with Gasteiger partial charge in [-0.25, -0.2) is 4.39 Å². The zero-order valence-electron chi connectivity index (χ0n) is 16.1. The van der Waals surface area contributed by atoms with Crippen molar-refractivity contribution in [2.75, 3.05) is 7.11 Å². The minimum Gasteiger partial charge on any atom is -0.490 e. The Kier molecular flexibility index (Phi) is 5.08. The van der Waals surface area contributed by atoms with E-state index in [0.717, 1.165) is 8.47 Å². The molecule has 0 spiro atoms. The van der Waals surface area contributed by atoms with Crippen molar-refractivity contribution in [3.8, 4) is 22.1 Å². The molecule has 0 amide bonds. The van der Waals surface area contributed by atoms with Gasteiger partial charge in [-0.2, -0.15) is 0 Å². The van der Waals surface area contributed by atoms with Crippen molar-refractivity contribution in [1.29, 1.82) is 0 Å². The van der Waals surface area contributed by atoms with Gasteiger partial charge < -0.3 is 9.47 Å². The van der Waals surface area contributed by atoms with E-state index in [0.29, 0.717) is 11.5 Å². The summed E-state index contributed by atoms with van der Waals surface area (Å²) in [4.78, 5) is 0.867. The van der Waals surface area contributed by atoms with Gasteiger partial charge in [0, 0.05) is 36.9 Å². The minimum absolute atomic E-state index is 0.113. The van der Waals surface area contributed by atoms with Gasteiger partial charge in [-0.1, -0.05) is 24.3 Å². The average Bonchev–Trinajstić information content (AvgIpc) is 3.10. The van der Waals surface area contributed by atoms with E-state index in [4.69, 9.17) is 9.47 Å². The van der Waals surface area contributed by atoms with Crippen LogP contribution >= 0.6 is 33.1 Å². The second-order valence-electron chi connectivity index (χ2n) is 6.79. The van der Waals surface area contributed by atoms with Gasteiger partial charge >= 0.3 is 0 Å². The first-order chi connectivity index (χ1) is 14.7. The third-order valence-corrected chi connectivity index (χ3v) is 7.99. The molecule has 5 aromatic rings. The standard InChI is InChI=1S/C25H17FIO2S/c1-28-25-21(26)14-18(15-22(25)29-17-12-10-16(27)11-13-17)30-23-8-4-2-6-19(23)20-7-3-5-9-24(20)30/h2-15H,1H3/q+1. The number of fused-ring (bicyclic) bond motifs is 3. The molecule has 0 atom stereocenters. The van der Waals surface area contributed by atoms with Crippen molar-refractivity contribution in [3.63, 3.8) is 0 Å². The van der Waals surface area contributed by atoms with Crippen molar-refractivity contribution in [1.82, 2.24) is 0 Å². The van der Waals surface area contributed by atoms with Gasteiger partial charge in [-0.3, -0.25) is 0 Å². The summed E-state index contributed by atoms with van der Waals surface area (Å²) in [7, 11) is 1.05. The molecule has 148 valence electrons. The SMILES string of the molecule is COc1c(F)cc(-[s+]2c3ccccc3c3ccccc32)cc1Oc1ccc(I)cc1. The maximum atomic E-state index is 15.1. The summed E-state index contributed by atoms with van der Waals surface area (Å²) in [6, 6.07) is 27.8. The number of benzene rings is 4. The summed E-state index contributed by atoms with van der Waals surface area (Å²) in [5.41, 5.74) is 0. The third kappa shape index (κ3) is 3.32. The molecular formula is C25H17FIO2S+. The molecule has 5 heteroatoms. The Morgan fingerprint density at radius 2 is 1.40 bits per heavy atom. The van der Waals surface area contributed by atoms with E-state index >= 15 is 4.39 Å². The molecule has 4 aromatic carbocycles. The first kappa shape index (κ1) is 19.3. The van der Waals surface area contributed by atoms with Crippen LogP contribution in [-0.4, -0.2) is 7.11 Å². The molecule has 0 saturated heterocycles. The van der Waals surface area contributed by atoms with Crippen LogP contribution in [0.15, 0.2) is 84.9 Å². The Labute approximate surface area is 190 Å². The van der Waals surface area contributed by atoms with Crippen molar-refractivity contribution < 1.29 is 13.9 Å². The maximum absolute atomic E-state index is 15.1. The second-order valence-corrected chi connectivity index (χ2v) is 10.0. The van der Waals surface area contributed by atoms with Gasteiger partial charge in [0.25, 0.3) is 0 Å². The molecule has 0 radical (unpaired) electrons. The van der Waals surface area contributed by atoms with E-state index in [1.807, 2.05) is 54.6 Å². The summed E-state index contributed by atoms with van der Waals surface area (Å²) in [5.74, 6) is 0.704. The van der Waals surface area contributed by atoms with Crippen molar-refractivity contribution in [3.05, 3.63) is 94.3 Å². The van der Waals surface area contributed by atoms with Crippen LogP contribution < -0.4 is 9.47 Å². The summed E-state index contributed by atoms with van der Waals surface area (Å²) in [6.45, 7) is 0. The maximum Gasteiger partial charge on any atom is 0.197 e. The highest BCUT2D eigenvalue weighted by Crippen LogP contribution is 2.50. The number of halogens is 2. The number of hydrogen-bond donors (Lipinski definition) is 0. The van der Waals surface area contributed by atoms with E-state index in [1.165, 1.54) is 27.3 Å². The normalized spacial score (nSPS) is 11.2. The van der Waals surface area contributed by atoms with E-state index < -0.39 is 16.3 Å². The van der Waals surface area contributed by atoms with Crippen LogP contribution in [-0.2, 0) is 0 Å². The van der Waals surface area contributed by atoms with Gasteiger partial charge in [0.1, 0.15) is 5.75 Å². The lowest BCUT2D eigenvalue weighted by atomic mass is 10.2. The van der Waals surface area contributed by atoms with E-state index in [1.54, 1.807) is 6.07 Å². The highest BCUT2D eigenvalue weighted by Gasteiger charge is 2.26. The molecule has 5 rings (SSSR count). The number of ether oxygens (including phenoxy) is 2. The van der Waals surface area contributed by atoms with E-state index in [2.05, 4.69) is 46.9 Å². The van der Waals surface area contributed by atoms with Gasteiger partial charge in [0.2, 0.25) is 0 Å². The van der Waals surface area contributed by atoms with Crippen LogP contribution in [0.5, 0.6) is 17.2 Å². The van der Waals surface area contributed by atoms with Crippen LogP contribution in [0.4, 0.5) is 4.39 Å². The number of thiophene rings is 1. The second kappa shape index (κ2) is 7.89. The molecule has 1 aromatic heterocycles. The van der Waals surface area contributed by atoms with E-state index in [9.17, 15) is 0 Å². The van der Waals surface area contributed by atoms with E-state index in [-0.39, 0.29) is 5.75 Å².